The first-order valence-electron chi connectivity index (χ1n) is 7.47. The summed E-state index contributed by atoms with van der Waals surface area (Å²) in [5.41, 5.74) is 8.98. The van der Waals surface area contributed by atoms with Crippen LogP contribution in [0.15, 0.2) is 29.3 Å². The number of hydrogen-bond acceptors (Lipinski definition) is 3. The molecule has 2 N–H and O–H groups in total. The standard InChI is InChI=1S/C16H21N3/c17-16-18-9-15(19(16)10-11-4-5-11)14-3-1-2-13(8-14)12-6-7-12/h1-3,8,11-12,15H,4-7,9-10H2,(H2,17,18). The zero-order chi connectivity index (χ0) is 12.8. The van der Waals surface area contributed by atoms with Gasteiger partial charge in [-0.1, -0.05) is 24.3 Å². The van der Waals surface area contributed by atoms with E-state index in [1.165, 1.54) is 36.8 Å². The zero-order valence-corrected chi connectivity index (χ0v) is 11.3. The van der Waals surface area contributed by atoms with Crippen molar-refractivity contribution in [3.05, 3.63) is 35.4 Å². The van der Waals surface area contributed by atoms with E-state index in [1.807, 2.05) is 0 Å². The first-order valence-corrected chi connectivity index (χ1v) is 7.47. The molecule has 3 nitrogen and oxygen atoms in total. The molecule has 0 amide bonds. The predicted molar refractivity (Wildman–Crippen MR) is 77.1 cm³/mol. The molecule has 0 bridgehead atoms. The lowest BCUT2D eigenvalue weighted by Gasteiger charge is -2.27. The molecular weight excluding hydrogens is 234 g/mol. The van der Waals surface area contributed by atoms with Crippen LogP contribution < -0.4 is 5.73 Å². The number of benzene rings is 1. The van der Waals surface area contributed by atoms with Crippen molar-refractivity contribution >= 4 is 5.96 Å². The van der Waals surface area contributed by atoms with E-state index in [1.54, 1.807) is 0 Å². The average molecular weight is 255 g/mol. The third-order valence-electron chi connectivity index (χ3n) is 4.59. The monoisotopic (exact) mass is 255 g/mol. The molecule has 0 aromatic heterocycles. The highest BCUT2D eigenvalue weighted by Gasteiger charge is 2.33. The summed E-state index contributed by atoms with van der Waals surface area (Å²) in [6, 6.07) is 9.47. The summed E-state index contributed by atoms with van der Waals surface area (Å²) in [4.78, 5) is 6.79. The van der Waals surface area contributed by atoms with E-state index in [-0.39, 0.29) is 0 Å². The van der Waals surface area contributed by atoms with Gasteiger partial charge in [0.25, 0.3) is 0 Å². The summed E-state index contributed by atoms with van der Waals surface area (Å²) in [7, 11) is 0. The van der Waals surface area contributed by atoms with Crippen LogP contribution in [0.5, 0.6) is 0 Å². The highest BCUT2D eigenvalue weighted by molar-refractivity contribution is 5.80. The smallest absolute Gasteiger partial charge is 0.191 e. The fourth-order valence-corrected chi connectivity index (χ4v) is 3.05. The Morgan fingerprint density at radius 2 is 1.95 bits per heavy atom. The maximum atomic E-state index is 6.07. The number of nitrogens with two attached hydrogens (primary N) is 1. The van der Waals surface area contributed by atoms with Gasteiger partial charge in [0.15, 0.2) is 5.96 Å². The van der Waals surface area contributed by atoms with Gasteiger partial charge in [-0.2, -0.15) is 0 Å². The van der Waals surface area contributed by atoms with Gasteiger partial charge in [0.2, 0.25) is 0 Å². The Morgan fingerprint density at radius 1 is 1.16 bits per heavy atom. The maximum Gasteiger partial charge on any atom is 0.191 e. The molecule has 2 fully saturated rings. The van der Waals surface area contributed by atoms with Crippen molar-refractivity contribution in [2.75, 3.05) is 13.1 Å². The van der Waals surface area contributed by atoms with Gasteiger partial charge in [0.05, 0.1) is 12.6 Å². The molecule has 0 spiro atoms. The molecule has 4 rings (SSSR count). The molecule has 2 aliphatic carbocycles. The molecule has 19 heavy (non-hydrogen) atoms. The van der Waals surface area contributed by atoms with E-state index in [9.17, 15) is 0 Å². The molecule has 3 aliphatic rings. The SMILES string of the molecule is NC1=NCC(c2cccc(C3CC3)c2)N1CC1CC1. The second-order valence-corrected chi connectivity index (χ2v) is 6.25. The van der Waals surface area contributed by atoms with Crippen LogP contribution in [-0.2, 0) is 0 Å². The zero-order valence-electron chi connectivity index (χ0n) is 11.3. The van der Waals surface area contributed by atoms with Gasteiger partial charge in [0.1, 0.15) is 0 Å². The van der Waals surface area contributed by atoms with Crippen molar-refractivity contribution in [2.24, 2.45) is 16.6 Å². The summed E-state index contributed by atoms with van der Waals surface area (Å²) in [5, 5.41) is 0. The van der Waals surface area contributed by atoms with Gasteiger partial charge >= 0.3 is 0 Å². The molecule has 1 aromatic carbocycles. The Bertz CT molecular complexity index is 514. The Hall–Kier alpha value is -1.51. The number of aliphatic imine (C=N–C) groups is 1. The minimum atomic E-state index is 0.374. The van der Waals surface area contributed by atoms with Gasteiger partial charge in [-0.05, 0) is 48.6 Å². The van der Waals surface area contributed by atoms with Crippen molar-refractivity contribution in [3.63, 3.8) is 0 Å². The average Bonchev–Trinajstić information content (AvgIpc) is 3.32. The lowest BCUT2D eigenvalue weighted by atomic mass is 10.0. The third kappa shape index (κ3) is 2.22. The minimum Gasteiger partial charge on any atom is -0.370 e. The summed E-state index contributed by atoms with van der Waals surface area (Å²) in [6.45, 7) is 1.92. The molecule has 0 saturated heterocycles. The third-order valence-corrected chi connectivity index (χ3v) is 4.59. The Kier molecular flexibility index (Phi) is 2.54. The highest BCUT2D eigenvalue weighted by Crippen LogP contribution is 2.41. The molecule has 0 radical (unpaired) electrons. The van der Waals surface area contributed by atoms with Crippen molar-refractivity contribution in [1.82, 2.24) is 4.90 Å². The molecule has 1 atom stereocenters. The fourth-order valence-electron chi connectivity index (χ4n) is 3.05. The second-order valence-electron chi connectivity index (χ2n) is 6.25. The molecular formula is C16H21N3. The van der Waals surface area contributed by atoms with Crippen LogP contribution >= 0.6 is 0 Å². The molecule has 1 heterocycles. The molecule has 2 saturated carbocycles. The van der Waals surface area contributed by atoms with Crippen LogP contribution in [0.1, 0.15) is 48.8 Å². The van der Waals surface area contributed by atoms with Crippen LogP contribution in [0.25, 0.3) is 0 Å². The van der Waals surface area contributed by atoms with E-state index in [0.717, 1.165) is 30.9 Å². The van der Waals surface area contributed by atoms with E-state index in [2.05, 4.69) is 34.2 Å². The van der Waals surface area contributed by atoms with Gasteiger partial charge in [0, 0.05) is 6.54 Å². The first kappa shape index (κ1) is 11.3. The molecule has 3 heteroatoms. The van der Waals surface area contributed by atoms with Crippen molar-refractivity contribution < 1.29 is 0 Å². The van der Waals surface area contributed by atoms with E-state index in [4.69, 9.17) is 5.73 Å². The summed E-state index contributed by atoms with van der Waals surface area (Å²) in [6.07, 6.45) is 5.44. The normalized spacial score (nSPS) is 26.6. The van der Waals surface area contributed by atoms with Crippen LogP contribution in [0.4, 0.5) is 0 Å². The van der Waals surface area contributed by atoms with Crippen LogP contribution in [0, 0.1) is 5.92 Å². The van der Waals surface area contributed by atoms with Gasteiger partial charge in [-0.25, -0.2) is 0 Å². The number of guanidine groups is 1. The Morgan fingerprint density at radius 3 is 2.68 bits per heavy atom. The number of nitrogens with zero attached hydrogens (tertiary/aromatic N) is 2. The second kappa shape index (κ2) is 4.26. The summed E-state index contributed by atoms with van der Waals surface area (Å²) >= 11 is 0. The topological polar surface area (TPSA) is 41.6 Å². The minimum absolute atomic E-state index is 0.374. The quantitative estimate of drug-likeness (QED) is 0.898. The van der Waals surface area contributed by atoms with E-state index < -0.39 is 0 Å². The molecule has 100 valence electrons. The van der Waals surface area contributed by atoms with Gasteiger partial charge in [-0.3, -0.25) is 4.99 Å². The van der Waals surface area contributed by atoms with Crippen molar-refractivity contribution in [3.8, 4) is 0 Å². The lowest BCUT2D eigenvalue weighted by molar-refractivity contribution is 0.333. The fraction of sp³-hybridized carbons (Fsp3) is 0.562. The van der Waals surface area contributed by atoms with E-state index >= 15 is 0 Å². The largest absolute Gasteiger partial charge is 0.370 e. The first-order chi connectivity index (χ1) is 9.31. The van der Waals surface area contributed by atoms with Crippen LogP contribution in [-0.4, -0.2) is 23.9 Å². The van der Waals surface area contributed by atoms with Crippen molar-refractivity contribution in [2.45, 2.75) is 37.6 Å². The predicted octanol–water partition coefficient (Wildman–Crippen LogP) is 2.65. The van der Waals surface area contributed by atoms with Crippen LogP contribution in [0.2, 0.25) is 0 Å². The van der Waals surface area contributed by atoms with E-state index in [0.29, 0.717) is 6.04 Å². The molecule has 1 aliphatic heterocycles. The highest BCUT2D eigenvalue weighted by atomic mass is 15.3. The Balaban J connectivity index is 1.58. The Labute approximate surface area is 114 Å². The lowest BCUT2D eigenvalue weighted by Crippen LogP contribution is -2.37. The van der Waals surface area contributed by atoms with Crippen molar-refractivity contribution in [1.29, 1.82) is 0 Å². The number of hydrogen-bond donors (Lipinski definition) is 1. The van der Waals surface area contributed by atoms with Crippen LogP contribution in [0.3, 0.4) is 0 Å². The molecule has 1 aromatic rings. The number of rotatable bonds is 4. The summed E-state index contributed by atoms with van der Waals surface area (Å²) in [5.74, 6) is 2.41. The maximum absolute atomic E-state index is 6.07. The van der Waals surface area contributed by atoms with Gasteiger partial charge in [-0.15, -0.1) is 0 Å². The van der Waals surface area contributed by atoms with Gasteiger partial charge < -0.3 is 10.6 Å². The summed E-state index contributed by atoms with van der Waals surface area (Å²) < 4.78 is 0. The molecule has 1 unspecified atom stereocenters.